The molecule has 2 rings (SSSR count). The predicted octanol–water partition coefficient (Wildman–Crippen LogP) is 2.76. The van der Waals surface area contributed by atoms with Crippen molar-refractivity contribution in [1.82, 2.24) is 15.3 Å². The molecule has 0 aliphatic carbocycles. The molecule has 0 aliphatic rings. The number of aryl methyl sites for hydroxylation is 2. The molecule has 9 nitrogen and oxygen atoms in total. The van der Waals surface area contributed by atoms with Gasteiger partial charge in [-0.25, -0.2) is 14.8 Å². The molecule has 0 saturated heterocycles. The number of carboxylic acids is 1. The van der Waals surface area contributed by atoms with Crippen molar-refractivity contribution in [2.24, 2.45) is 17.6 Å². The highest BCUT2D eigenvalue weighted by Gasteiger charge is 2.29. The van der Waals surface area contributed by atoms with E-state index in [1.54, 1.807) is 6.92 Å². The number of amides is 1. The second-order valence-corrected chi connectivity index (χ2v) is 7.18. The zero-order chi connectivity index (χ0) is 20.5. The monoisotopic (exact) mass is 378 g/mol. The summed E-state index contributed by atoms with van der Waals surface area (Å²) >= 11 is 0. The third kappa shape index (κ3) is 4.36. The molecule has 0 aliphatic heterocycles. The first-order valence-corrected chi connectivity index (χ1v) is 8.77. The molecule has 0 bridgehead atoms. The second kappa shape index (κ2) is 7.91. The number of hydrogen-bond donors (Lipinski definition) is 3. The number of nitrogens with zero attached hydrogens (tertiary/aromatic N) is 2. The third-order valence-electron chi connectivity index (χ3n) is 4.27. The average molecular weight is 378 g/mol. The number of carboxylic acid groups (broad SMARTS) is 1. The maximum absolute atomic E-state index is 12.7. The van der Waals surface area contributed by atoms with E-state index >= 15 is 0 Å². The molecule has 0 spiro atoms. The van der Waals surface area contributed by atoms with Gasteiger partial charge in [-0.15, -0.1) is 0 Å². The van der Waals surface area contributed by atoms with Crippen LogP contribution in [0.2, 0.25) is 0 Å². The first-order chi connectivity index (χ1) is 12.5. The summed E-state index contributed by atoms with van der Waals surface area (Å²) in [7, 11) is 0. The molecule has 0 fully saturated rings. The number of nitrogens with two attached hydrogens (primary N) is 1. The normalized spacial score (nSPS) is 13.8. The quantitative estimate of drug-likeness (QED) is 0.667. The third-order valence-corrected chi connectivity index (χ3v) is 4.27. The molecule has 2 heterocycles. The maximum atomic E-state index is 12.7. The van der Waals surface area contributed by atoms with Crippen molar-refractivity contribution in [3.05, 3.63) is 34.7 Å². The number of nitrogens with one attached hydrogen (secondary N) is 1. The summed E-state index contributed by atoms with van der Waals surface area (Å²) < 4.78 is 11.0. The number of rotatable bonds is 7. The molecule has 0 radical (unpaired) electrons. The van der Waals surface area contributed by atoms with Crippen molar-refractivity contribution >= 4 is 11.9 Å². The lowest BCUT2D eigenvalue weighted by atomic mass is 10.0. The number of aromatic nitrogens is 2. The van der Waals surface area contributed by atoms with Gasteiger partial charge in [0.1, 0.15) is 17.6 Å². The minimum Gasteiger partial charge on any atom is -0.476 e. The molecule has 2 aromatic heterocycles. The highest BCUT2D eigenvalue weighted by Crippen LogP contribution is 2.25. The van der Waals surface area contributed by atoms with Gasteiger partial charge in [-0.3, -0.25) is 4.79 Å². The van der Waals surface area contributed by atoms with Gasteiger partial charge in [-0.05, 0) is 25.7 Å². The largest absolute Gasteiger partial charge is 0.476 e. The molecule has 2 atom stereocenters. The molecular formula is C18H26N4O5. The molecule has 148 valence electrons. The van der Waals surface area contributed by atoms with Gasteiger partial charge in [-0.2, -0.15) is 0 Å². The maximum Gasteiger partial charge on any atom is 0.358 e. The number of carbonyl (C=O) groups is 2. The zero-order valence-electron chi connectivity index (χ0n) is 16.4. The first-order valence-electron chi connectivity index (χ1n) is 8.77. The van der Waals surface area contributed by atoms with Gasteiger partial charge in [0.05, 0.1) is 6.04 Å². The van der Waals surface area contributed by atoms with E-state index in [0.29, 0.717) is 11.7 Å². The summed E-state index contributed by atoms with van der Waals surface area (Å²) in [5.41, 5.74) is 6.00. The Morgan fingerprint density at radius 2 is 1.48 bits per heavy atom. The number of hydrogen-bond acceptors (Lipinski definition) is 7. The Bertz CT molecular complexity index is 837. The van der Waals surface area contributed by atoms with E-state index in [1.807, 2.05) is 27.7 Å². The van der Waals surface area contributed by atoms with Gasteiger partial charge in [-0.1, -0.05) is 27.7 Å². The Kier molecular flexibility index (Phi) is 6.04. The molecule has 2 aromatic rings. The fraction of sp³-hybridized carbons (Fsp3) is 0.556. The average Bonchev–Trinajstić information content (AvgIpc) is 3.14. The predicted molar refractivity (Wildman–Crippen MR) is 96.3 cm³/mol. The number of aromatic carboxylic acids is 1. The van der Waals surface area contributed by atoms with E-state index in [2.05, 4.69) is 15.3 Å². The Morgan fingerprint density at radius 1 is 0.963 bits per heavy atom. The number of carbonyl (C=O) groups excluding carboxylic acids is 1. The van der Waals surface area contributed by atoms with Gasteiger partial charge in [0.15, 0.2) is 11.4 Å². The second-order valence-electron chi connectivity index (χ2n) is 7.18. The molecule has 0 unspecified atom stereocenters. The Hall–Kier alpha value is -2.68. The molecular weight excluding hydrogens is 352 g/mol. The van der Waals surface area contributed by atoms with Crippen LogP contribution in [0.25, 0.3) is 0 Å². The Labute approximate surface area is 157 Å². The topological polar surface area (TPSA) is 144 Å². The van der Waals surface area contributed by atoms with E-state index in [9.17, 15) is 9.59 Å². The van der Waals surface area contributed by atoms with Crippen molar-refractivity contribution in [2.45, 2.75) is 53.6 Å². The minimum absolute atomic E-state index is 0.0988. The van der Waals surface area contributed by atoms with E-state index in [1.165, 1.54) is 6.92 Å². The lowest BCUT2D eigenvalue weighted by Crippen LogP contribution is -2.32. The summed E-state index contributed by atoms with van der Waals surface area (Å²) in [5.74, 6) is -0.676. The molecule has 0 saturated carbocycles. The SMILES string of the molecule is Cc1oc([C@@H](NC(=O)c2nc([C@@H](N)C(C)C)oc2C)C(C)C)nc1C(=O)O. The number of oxazole rings is 2. The van der Waals surface area contributed by atoms with E-state index < -0.39 is 24.0 Å². The molecule has 1 amide bonds. The van der Waals surface area contributed by atoms with Crippen molar-refractivity contribution < 1.29 is 23.5 Å². The minimum atomic E-state index is -1.18. The lowest BCUT2D eigenvalue weighted by Gasteiger charge is -2.18. The zero-order valence-corrected chi connectivity index (χ0v) is 16.4. The van der Waals surface area contributed by atoms with E-state index in [0.717, 1.165) is 0 Å². The van der Waals surface area contributed by atoms with Gasteiger partial charge in [0, 0.05) is 0 Å². The molecule has 9 heteroatoms. The van der Waals surface area contributed by atoms with Gasteiger partial charge < -0.3 is 25.0 Å². The summed E-state index contributed by atoms with van der Waals surface area (Å²) in [6, 6.07) is -1.04. The highest BCUT2D eigenvalue weighted by atomic mass is 16.4. The van der Waals surface area contributed by atoms with Crippen LogP contribution in [0.5, 0.6) is 0 Å². The van der Waals surface area contributed by atoms with Crippen LogP contribution in [-0.4, -0.2) is 27.0 Å². The fourth-order valence-corrected chi connectivity index (χ4v) is 2.53. The molecule has 27 heavy (non-hydrogen) atoms. The van der Waals surface area contributed by atoms with Crippen LogP contribution in [0.1, 0.15) is 84.1 Å². The smallest absolute Gasteiger partial charge is 0.358 e. The van der Waals surface area contributed by atoms with E-state index in [-0.39, 0.29) is 34.9 Å². The van der Waals surface area contributed by atoms with Crippen LogP contribution in [0.4, 0.5) is 0 Å². The van der Waals surface area contributed by atoms with Crippen LogP contribution in [0, 0.1) is 25.7 Å². The van der Waals surface area contributed by atoms with Crippen molar-refractivity contribution in [3.63, 3.8) is 0 Å². The summed E-state index contributed by atoms with van der Waals surface area (Å²) in [5, 5.41) is 12.0. The highest BCUT2D eigenvalue weighted by molar-refractivity contribution is 5.93. The summed E-state index contributed by atoms with van der Waals surface area (Å²) in [6.07, 6.45) is 0. The fourth-order valence-electron chi connectivity index (χ4n) is 2.53. The standard InChI is InChI=1S/C18H26N4O5/c1-7(2)11(19)16-21-13(9(5)26-16)15(23)20-12(8(3)4)17-22-14(18(24)25)10(6)27-17/h7-8,11-12H,19H2,1-6H3,(H,20,23)(H,24,25)/t11-,12-/m0/s1. The Balaban J connectivity index is 2.28. The van der Waals surface area contributed by atoms with Gasteiger partial charge in [0.25, 0.3) is 5.91 Å². The van der Waals surface area contributed by atoms with E-state index in [4.69, 9.17) is 19.7 Å². The Morgan fingerprint density at radius 3 is 1.96 bits per heavy atom. The van der Waals surface area contributed by atoms with Crippen molar-refractivity contribution in [2.75, 3.05) is 0 Å². The van der Waals surface area contributed by atoms with Crippen LogP contribution in [0.3, 0.4) is 0 Å². The van der Waals surface area contributed by atoms with Gasteiger partial charge >= 0.3 is 5.97 Å². The molecule has 0 aromatic carbocycles. The van der Waals surface area contributed by atoms with Crippen LogP contribution < -0.4 is 11.1 Å². The lowest BCUT2D eigenvalue weighted by molar-refractivity contribution is 0.0689. The molecule has 4 N–H and O–H groups in total. The van der Waals surface area contributed by atoms with Crippen molar-refractivity contribution in [1.29, 1.82) is 0 Å². The van der Waals surface area contributed by atoms with Crippen LogP contribution in [-0.2, 0) is 0 Å². The van der Waals surface area contributed by atoms with Crippen LogP contribution >= 0.6 is 0 Å². The summed E-state index contributed by atoms with van der Waals surface area (Å²) in [6.45, 7) is 10.7. The van der Waals surface area contributed by atoms with Gasteiger partial charge in [0.2, 0.25) is 11.8 Å². The first kappa shape index (κ1) is 20.6. The van der Waals surface area contributed by atoms with Crippen LogP contribution in [0.15, 0.2) is 8.83 Å². The van der Waals surface area contributed by atoms with Crippen molar-refractivity contribution in [3.8, 4) is 0 Å². The summed E-state index contributed by atoms with van der Waals surface area (Å²) in [4.78, 5) is 32.2.